The average molecular weight is 202 g/mol. The van der Waals surface area contributed by atoms with Crippen molar-refractivity contribution in [2.24, 2.45) is 0 Å². The first-order valence-corrected chi connectivity index (χ1v) is 5.49. The summed E-state index contributed by atoms with van der Waals surface area (Å²) in [4.78, 5) is 0. The summed E-state index contributed by atoms with van der Waals surface area (Å²) in [6.07, 6.45) is 5.66. The first-order chi connectivity index (χ1) is 7.40. The van der Waals surface area contributed by atoms with Crippen molar-refractivity contribution >= 4 is 7.12 Å². The molecule has 0 amide bonds. The first-order valence-electron chi connectivity index (χ1n) is 5.49. The van der Waals surface area contributed by atoms with Crippen LogP contribution in [-0.4, -0.2) is 7.12 Å². The van der Waals surface area contributed by atoms with Gasteiger partial charge in [-0.05, 0) is 24.5 Å². The summed E-state index contributed by atoms with van der Waals surface area (Å²) in [5.74, 6) is 3.65. The molecule has 0 N–H and O–H groups in total. The van der Waals surface area contributed by atoms with E-state index in [4.69, 9.17) is 9.31 Å². The Morgan fingerprint density at radius 2 is 1.87 bits per heavy atom. The van der Waals surface area contributed by atoms with E-state index in [0.29, 0.717) is 0 Å². The van der Waals surface area contributed by atoms with Crippen LogP contribution in [0.25, 0.3) is 0 Å². The van der Waals surface area contributed by atoms with E-state index in [1.807, 2.05) is 30.2 Å². The molecule has 1 aliphatic heterocycles. The molecule has 3 heteroatoms. The van der Waals surface area contributed by atoms with E-state index in [9.17, 15) is 0 Å². The van der Waals surface area contributed by atoms with Gasteiger partial charge in [0.05, 0.1) is 0 Å². The fourth-order valence-corrected chi connectivity index (χ4v) is 1.53. The molecule has 0 atom stereocenters. The number of benzene rings is 1. The topological polar surface area (TPSA) is 18.5 Å². The highest BCUT2D eigenvalue weighted by Crippen LogP contribution is 2.32. The van der Waals surface area contributed by atoms with Crippen molar-refractivity contribution in [1.29, 1.82) is 0 Å². The van der Waals surface area contributed by atoms with Crippen molar-refractivity contribution in [2.45, 2.75) is 26.2 Å². The van der Waals surface area contributed by atoms with E-state index in [2.05, 4.69) is 13.0 Å². The van der Waals surface area contributed by atoms with Gasteiger partial charge in [-0.25, -0.2) is 0 Å². The number of para-hydroxylation sites is 2. The molecule has 0 fully saturated rings. The van der Waals surface area contributed by atoms with Crippen LogP contribution in [0.15, 0.2) is 36.3 Å². The Labute approximate surface area is 91.0 Å². The number of rotatable bonds is 4. The zero-order valence-electron chi connectivity index (χ0n) is 8.98. The molecule has 0 unspecified atom stereocenters. The minimum atomic E-state index is -0.237. The minimum Gasteiger partial charge on any atom is -0.520 e. The van der Waals surface area contributed by atoms with Gasteiger partial charge in [0.2, 0.25) is 0 Å². The van der Waals surface area contributed by atoms with Crippen molar-refractivity contribution < 1.29 is 9.31 Å². The van der Waals surface area contributed by atoms with Crippen LogP contribution in [0.5, 0.6) is 11.5 Å². The molecule has 2 rings (SSSR count). The lowest BCUT2D eigenvalue weighted by Gasteiger charge is -1.97. The zero-order valence-corrected chi connectivity index (χ0v) is 8.98. The fourth-order valence-electron chi connectivity index (χ4n) is 1.53. The van der Waals surface area contributed by atoms with Crippen molar-refractivity contribution in [2.75, 3.05) is 0 Å². The van der Waals surface area contributed by atoms with Crippen LogP contribution in [0.1, 0.15) is 26.2 Å². The Bertz CT molecular complexity index is 324. The highest BCUT2D eigenvalue weighted by Gasteiger charge is 2.28. The van der Waals surface area contributed by atoms with Crippen LogP contribution in [0, 0.1) is 0 Å². The predicted octanol–water partition coefficient (Wildman–Crippen LogP) is 3.23. The molecule has 0 aromatic heterocycles. The van der Waals surface area contributed by atoms with Crippen LogP contribution in [0.2, 0.25) is 0 Å². The number of allylic oxidation sites excluding steroid dienone is 1. The zero-order chi connectivity index (χ0) is 10.5. The van der Waals surface area contributed by atoms with E-state index in [0.717, 1.165) is 17.9 Å². The maximum atomic E-state index is 5.58. The second-order valence-electron chi connectivity index (χ2n) is 3.62. The smallest absolute Gasteiger partial charge is 0.520 e. The first kappa shape index (κ1) is 10.2. The van der Waals surface area contributed by atoms with Gasteiger partial charge in [0, 0.05) is 0 Å². The molecule has 0 saturated carbocycles. The van der Waals surface area contributed by atoms with Gasteiger partial charge in [-0.3, -0.25) is 0 Å². The third-order valence-electron chi connectivity index (χ3n) is 2.35. The molecule has 78 valence electrons. The summed E-state index contributed by atoms with van der Waals surface area (Å²) in [6.45, 7) is 2.19. The quantitative estimate of drug-likeness (QED) is 0.551. The van der Waals surface area contributed by atoms with Gasteiger partial charge in [-0.15, -0.1) is 0 Å². The summed E-state index contributed by atoms with van der Waals surface area (Å²) in [5, 5.41) is 0. The lowest BCUT2D eigenvalue weighted by atomic mass is 9.90. The molecule has 0 spiro atoms. The monoisotopic (exact) mass is 202 g/mol. The second kappa shape index (κ2) is 4.92. The third-order valence-corrected chi connectivity index (χ3v) is 2.35. The Morgan fingerprint density at radius 1 is 1.20 bits per heavy atom. The van der Waals surface area contributed by atoms with Crippen molar-refractivity contribution in [3.05, 3.63) is 36.3 Å². The van der Waals surface area contributed by atoms with E-state index in [1.54, 1.807) is 0 Å². The summed E-state index contributed by atoms with van der Waals surface area (Å²) in [6, 6.07) is 7.75. The van der Waals surface area contributed by atoms with Gasteiger partial charge < -0.3 is 9.31 Å². The maximum Gasteiger partial charge on any atom is 0.624 e. The minimum absolute atomic E-state index is 0.237. The number of hydrogen-bond donors (Lipinski definition) is 0. The summed E-state index contributed by atoms with van der Waals surface area (Å²) in [5.41, 5.74) is 0. The molecule has 0 aliphatic carbocycles. The average Bonchev–Trinajstić information content (AvgIpc) is 2.67. The highest BCUT2D eigenvalue weighted by atomic mass is 16.6. The van der Waals surface area contributed by atoms with Gasteiger partial charge >= 0.3 is 7.12 Å². The highest BCUT2D eigenvalue weighted by molar-refractivity contribution is 6.53. The van der Waals surface area contributed by atoms with Crippen LogP contribution in [0.4, 0.5) is 0 Å². The standard InChI is InChI=1S/C12H15BO2/c1-2-3-4-7-10-13-14-11-8-5-6-9-12(11)15-13/h5-10H,2-4H2,1H3. The molecule has 1 heterocycles. The maximum absolute atomic E-state index is 5.58. The predicted molar refractivity (Wildman–Crippen MR) is 62.1 cm³/mol. The molecule has 0 radical (unpaired) electrons. The Morgan fingerprint density at radius 3 is 2.47 bits per heavy atom. The molecular weight excluding hydrogens is 187 g/mol. The van der Waals surface area contributed by atoms with Gasteiger partial charge in [0.1, 0.15) is 11.5 Å². The molecule has 1 aromatic carbocycles. The molecular formula is C12H15BO2. The SMILES string of the molecule is CCCCC=CB1Oc2ccccc2O1. The van der Waals surface area contributed by atoms with Crippen LogP contribution in [0.3, 0.4) is 0 Å². The van der Waals surface area contributed by atoms with Gasteiger partial charge in [-0.1, -0.05) is 38.0 Å². The van der Waals surface area contributed by atoms with Crippen LogP contribution < -0.4 is 9.31 Å². The normalized spacial score (nSPS) is 13.8. The van der Waals surface area contributed by atoms with Crippen molar-refractivity contribution in [3.63, 3.8) is 0 Å². The van der Waals surface area contributed by atoms with Crippen LogP contribution >= 0.6 is 0 Å². The molecule has 1 aromatic rings. The van der Waals surface area contributed by atoms with E-state index < -0.39 is 0 Å². The molecule has 0 bridgehead atoms. The lowest BCUT2D eigenvalue weighted by molar-refractivity contribution is 0.517. The molecule has 15 heavy (non-hydrogen) atoms. The molecule has 2 nitrogen and oxygen atoms in total. The molecule has 1 aliphatic rings. The number of unbranched alkanes of at least 4 members (excludes halogenated alkanes) is 2. The Balaban J connectivity index is 1.87. The second-order valence-corrected chi connectivity index (χ2v) is 3.62. The number of hydrogen-bond acceptors (Lipinski definition) is 2. The summed E-state index contributed by atoms with van der Waals surface area (Å²) >= 11 is 0. The van der Waals surface area contributed by atoms with E-state index in [-0.39, 0.29) is 7.12 Å². The van der Waals surface area contributed by atoms with Gasteiger partial charge in [0.25, 0.3) is 0 Å². The fraction of sp³-hybridized carbons (Fsp3) is 0.333. The van der Waals surface area contributed by atoms with Gasteiger partial charge in [-0.2, -0.15) is 0 Å². The van der Waals surface area contributed by atoms with Gasteiger partial charge in [0.15, 0.2) is 0 Å². The summed E-state index contributed by atoms with van der Waals surface area (Å²) in [7, 11) is -0.237. The van der Waals surface area contributed by atoms with Crippen molar-refractivity contribution in [1.82, 2.24) is 0 Å². The Kier molecular flexibility index (Phi) is 3.33. The largest absolute Gasteiger partial charge is 0.624 e. The van der Waals surface area contributed by atoms with E-state index >= 15 is 0 Å². The third kappa shape index (κ3) is 2.55. The number of fused-ring (bicyclic) bond motifs is 1. The van der Waals surface area contributed by atoms with E-state index in [1.165, 1.54) is 12.8 Å². The van der Waals surface area contributed by atoms with Crippen LogP contribution in [-0.2, 0) is 0 Å². The Hall–Kier alpha value is -1.38. The lowest BCUT2D eigenvalue weighted by Crippen LogP contribution is -2.21. The summed E-state index contributed by atoms with van der Waals surface area (Å²) < 4.78 is 11.2. The molecule has 0 saturated heterocycles. The van der Waals surface area contributed by atoms with Crippen molar-refractivity contribution in [3.8, 4) is 11.5 Å².